The molecule has 2 rings (SSSR count). The number of hydrogen-bond donors (Lipinski definition) is 1. The molecule has 20 heavy (non-hydrogen) atoms. The zero-order valence-electron chi connectivity index (χ0n) is 10.4. The third kappa shape index (κ3) is 3.72. The molecular weight excluding hydrogens is 278 g/mol. The number of para-hydroxylation sites is 1. The van der Waals surface area contributed by atoms with Gasteiger partial charge in [0.1, 0.15) is 0 Å². The van der Waals surface area contributed by atoms with E-state index in [-0.39, 0.29) is 12.1 Å². The Bertz CT molecular complexity index is 638. The number of carbonyl (C=O) groups excluding carboxylic acids is 1. The number of hydrazone groups is 1. The normalized spacial score (nSPS) is 10.6. The number of nitrogens with zero attached hydrogens (tertiary/aromatic N) is 2. The van der Waals surface area contributed by atoms with Gasteiger partial charge in [0.25, 0.3) is 5.69 Å². The molecule has 6 nitrogen and oxygen atoms in total. The van der Waals surface area contributed by atoms with E-state index < -0.39 is 10.8 Å². The second-order valence-corrected chi connectivity index (χ2v) is 4.85. The SMILES string of the molecule is O=C(Cc1ccccc1[N+](=O)[O-])N/N=C/c1cccs1. The lowest BCUT2D eigenvalue weighted by Crippen LogP contribution is -2.20. The van der Waals surface area contributed by atoms with Gasteiger partial charge in [-0.25, -0.2) is 5.43 Å². The number of thiophene rings is 1. The zero-order chi connectivity index (χ0) is 14.4. The fourth-order valence-electron chi connectivity index (χ4n) is 1.58. The Kier molecular flexibility index (Phi) is 4.56. The largest absolute Gasteiger partial charge is 0.273 e. The van der Waals surface area contributed by atoms with Gasteiger partial charge >= 0.3 is 0 Å². The predicted octanol–water partition coefficient (Wildman–Crippen LogP) is 2.35. The molecule has 1 N–H and O–H groups in total. The lowest BCUT2D eigenvalue weighted by Gasteiger charge is -2.01. The van der Waals surface area contributed by atoms with Gasteiger partial charge in [0.2, 0.25) is 5.91 Å². The van der Waals surface area contributed by atoms with Gasteiger partial charge in [0.15, 0.2) is 0 Å². The minimum absolute atomic E-state index is 0.0649. The lowest BCUT2D eigenvalue weighted by atomic mass is 10.1. The first-order valence-corrected chi connectivity index (χ1v) is 6.62. The highest BCUT2D eigenvalue weighted by atomic mass is 32.1. The summed E-state index contributed by atoms with van der Waals surface area (Å²) in [7, 11) is 0. The van der Waals surface area contributed by atoms with Crippen LogP contribution in [0, 0.1) is 10.1 Å². The van der Waals surface area contributed by atoms with Gasteiger partial charge in [-0.1, -0.05) is 24.3 Å². The molecule has 1 aromatic heterocycles. The van der Waals surface area contributed by atoms with E-state index in [0.29, 0.717) is 5.56 Å². The number of rotatable bonds is 5. The molecule has 1 heterocycles. The average molecular weight is 289 g/mol. The van der Waals surface area contributed by atoms with Crippen molar-refractivity contribution < 1.29 is 9.72 Å². The monoisotopic (exact) mass is 289 g/mol. The van der Waals surface area contributed by atoms with Crippen molar-refractivity contribution in [2.75, 3.05) is 0 Å². The molecule has 7 heteroatoms. The van der Waals surface area contributed by atoms with Crippen molar-refractivity contribution in [1.29, 1.82) is 0 Å². The van der Waals surface area contributed by atoms with E-state index in [1.807, 2.05) is 17.5 Å². The number of hydrogen-bond acceptors (Lipinski definition) is 5. The van der Waals surface area contributed by atoms with Crippen molar-refractivity contribution in [3.05, 3.63) is 62.3 Å². The van der Waals surface area contributed by atoms with E-state index in [0.717, 1.165) is 4.88 Å². The number of carbonyl (C=O) groups is 1. The van der Waals surface area contributed by atoms with Crippen molar-refractivity contribution in [1.82, 2.24) is 5.43 Å². The summed E-state index contributed by atoms with van der Waals surface area (Å²) in [5.41, 5.74) is 2.65. The average Bonchev–Trinajstić information content (AvgIpc) is 2.92. The van der Waals surface area contributed by atoms with Crippen LogP contribution in [0.5, 0.6) is 0 Å². The molecule has 0 saturated heterocycles. The Balaban J connectivity index is 1.96. The zero-order valence-corrected chi connectivity index (χ0v) is 11.2. The van der Waals surface area contributed by atoms with E-state index in [1.54, 1.807) is 18.2 Å². The molecule has 0 saturated carbocycles. The van der Waals surface area contributed by atoms with Crippen molar-refractivity contribution in [2.24, 2.45) is 5.10 Å². The summed E-state index contributed by atoms with van der Waals surface area (Å²) >= 11 is 1.50. The molecule has 0 atom stereocenters. The second kappa shape index (κ2) is 6.58. The summed E-state index contributed by atoms with van der Waals surface area (Å²) in [5, 5.41) is 16.5. The summed E-state index contributed by atoms with van der Waals surface area (Å²) in [4.78, 5) is 22.9. The molecule has 0 aliphatic rings. The summed E-state index contributed by atoms with van der Waals surface area (Å²) in [5.74, 6) is -0.396. The van der Waals surface area contributed by atoms with Gasteiger partial charge in [0.05, 0.1) is 17.6 Å². The highest BCUT2D eigenvalue weighted by Crippen LogP contribution is 2.17. The van der Waals surface area contributed by atoms with E-state index in [4.69, 9.17) is 0 Å². The van der Waals surface area contributed by atoms with E-state index in [9.17, 15) is 14.9 Å². The van der Waals surface area contributed by atoms with Crippen molar-refractivity contribution in [3.8, 4) is 0 Å². The van der Waals surface area contributed by atoms with Crippen LogP contribution in [-0.2, 0) is 11.2 Å². The molecule has 1 aromatic carbocycles. The molecule has 0 bridgehead atoms. The van der Waals surface area contributed by atoms with Gasteiger partial charge < -0.3 is 0 Å². The van der Waals surface area contributed by atoms with Crippen LogP contribution in [0.2, 0.25) is 0 Å². The maximum Gasteiger partial charge on any atom is 0.273 e. The minimum atomic E-state index is -0.502. The van der Waals surface area contributed by atoms with Crippen molar-refractivity contribution in [2.45, 2.75) is 6.42 Å². The van der Waals surface area contributed by atoms with E-state index >= 15 is 0 Å². The third-order valence-corrected chi connectivity index (χ3v) is 3.27. The molecule has 0 radical (unpaired) electrons. The number of benzene rings is 1. The van der Waals surface area contributed by atoms with Crippen LogP contribution < -0.4 is 5.43 Å². The van der Waals surface area contributed by atoms with Crippen LogP contribution in [0.25, 0.3) is 0 Å². The van der Waals surface area contributed by atoms with Crippen molar-refractivity contribution >= 4 is 29.1 Å². The number of nitro benzene ring substituents is 1. The Hall–Kier alpha value is -2.54. The Morgan fingerprint density at radius 2 is 2.15 bits per heavy atom. The molecule has 0 spiro atoms. The van der Waals surface area contributed by atoms with Gasteiger partial charge in [-0.05, 0) is 11.4 Å². The van der Waals surface area contributed by atoms with Crippen LogP contribution in [0.15, 0.2) is 46.9 Å². The summed E-state index contributed by atoms with van der Waals surface area (Å²) in [6, 6.07) is 9.89. The molecule has 102 valence electrons. The van der Waals surface area contributed by atoms with Crippen molar-refractivity contribution in [3.63, 3.8) is 0 Å². The van der Waals surface area contributed by atoms with Gasteiger partial charge in [-0.15, -0.1) is 11.3 Å². The van der Waals surface area contributed by atoms with E-state index in [1.165, 1.54) is 23.6 Å². The Morgan fingerprint density at radius 1 is 1.35 bits per heavy atom. The maximum atomic E-state index is 11.7. The smallest absolute Gasteiger partial charge is 0.273 e. The molecule has 0 aliphatic heterocycles. The number of nitro groups is 1. The Morgan fingerprint density at radius 3 is 2.85 bits per heavy atom. The van der Waals surface area contributed by atoms with Crippen LogP contribution in [-0.4, -0.2) is 17.0 Å². The third-order valence-electron chi connectivity index (χ3n) is 2.46. The molecule has 1 amide bonds. The Labute approximate surface area is 118 Å². The second-order valence-electron chi connectivity index (χ2n) is 3.87. The fraction of sp³-hybridized carbons (Fsp3) is 0.0769. The molecule has 0 aliphatic carbocycles. The number of nitrogens with one attached hydrogen (secondary N) is 1. The summed E-state index contributed by atoms with van der Waals surface area (Å²) in [6.07, 6.45) is 1.45. The first-order valence-electron chi connectivity index (χ1n) is 5.74. The van der Waals surface area contributed by atoms with Gasteiger partial charge in [-0.3, -0.25) is 14.9 Å². The molecule has 0 unspecified atom stereocenters. The van der Waals surface area contributed by atoms with E-state index in [2.05, 4.69) is 10.5 Å². The standard InChI is InChI=1S/C13H11N3O3S/c17-13(15-14-9-11-5-3-7-20-11)8-10-4-1-2-6-12(10)16(18)19/h1-7,9H,8H2,(H,15,17)/b14-9+. The van der Waals surface area contributed by atoms with Gasteiger partial charge in [-0.2, -0.15) is 5.10 Å². The van der Waals surface area contributed by atoms with Gasteiger partial charge in [0, 0.05) is 16.5 Å². The predicted molar refractivity (Wildman–Crippen MR) is 76.9 cm³/mol. The number of amides is 1. The molecule has 2 aromatic rings. The summed E-state index contributed by atoms with van der Waals surface area (Å²) < 4.78 is 0. The van der Waals surface area contributed by atoms with Crippen LogP contribution in [0.1, 0.15) is 10.4 Å². The minimum Gasteiger partial charge on any atom is -0.273 e. The highest BCUT2D eigenvalue weighted by Gasteiger charge is 2.14. The highest BCUT2D eigenvalue weighted by molar-refractivity contribution is 7.11. The molecule has 0 fully saturated rings. The summed E-state index contributed by atoms with van der Waals surface area (Å²) in [6.45, 7) is 0. The maximum absolute atomic E-state index is 11.7. The first kappa shape index (κ1) is 13.9. The topological polar surface area (TPSA) is 84.6 Å². The first-order chi connectivity index (χ1) is 9.66. The lowest BCUT2D eigenvalue weighted by molar-refractivity contribution is -0.385. The molecular formula is C13H11N3O3S. The fourth-order valence-corrected chi connectivity index (χ4v) is 2.17. The quantitative estimate of drug-likeness (QED) is 0.521. The van der Waals surface area contributed by atoms with Crippen LogP contribution in [0.4, 0.5) is 5.69 Å². The van der Waals surface area contributed by atoms with Crippen LogP contribution >= 0.6 is 11.3 Å². The van der Waals surface area contributed by atoms with Crippen LogP contribution in [0.3, 0.4) is 0 Å².